The summed E-state index contributed by atoms with van der Waals surface area (Å²) in [4.78, 5) is 4.96. The quantitative estimate of drug-likeness (QED) is 0.648. The Kier molecular flexibility index (Phi) is 9.43. The van der Waals surface area contributed by atoms with Gasteiger partial charge >= 0.3 is 0 Å². The van der Waals surface area contributed by atoms with Gasteiger partial charge in [-0.05, 0) is 62.5 Å². The average molecular weight is 375 g/mol. The Labute approximate surface area is 158 Å². The van der Waals surface area contributed by atoms with Crippen molar-refractivity contribution in [3.05, 3.63) is 28.3 Å². The third kappa shape index (κ3) is 6.44. The predicted octanol–water partition coefficient (Wildman–Crippen LogP) is 4.60. The van der Waals surface area contributed by atoms with Gasteiger partial charge in [0.25, 0.3) is 0 Å². The molecule has 1 aliphatic heterocycles. The Balaban J connectivity index is 0.00000288. The van der Waals surface area contributed by atoms with E-state index < -0.39 is 0 Å². The largest absolute Gasteiger partial charge is 0.493 e. The van der Waals surface area contributed by atoms with Crippen molar-refractivity contribution in [1.29, 1.82) is 0 Å². The molecule has 1 aromatic rings. The predicted molar refractivity (Wildman–Crippen MR) is 106 cm³/mol. The number of nitrogens with zero attached hydrogens (tertiary/aromatic N) is 2. The van der Waals surface area contributed by atoms with E-state index in [2.05, 4.69) is 42.8 Å². The molecule has 0 aliphatic carbocycles. The minimum Gasteiger partial charge on any atom is -0.493 e. The molecule has 1 aromatic carbocycles. The Bertz CT molecular complexity index is 500. The zero-order chi connectivity index (χ0) is 16.8. The van der Waals surface area contributed by atoms with Crippen LogP contribution in [0.25, 0.3) is 0 Å². The van der Waals surface area contributed by atoms with Gasteiger partial charge in [-0.1, -0.05) is 25.4 Å². The van der Waals surface area contributed by atoms with Gasteiger partial charge in [-0.3, -0.25) is 0 Å². The van der Waals surface area contributed by atoms with Crippen LogP contribution in [0.2, 0.25) is 5.02 Å². The number of halogens is 2. The van der Waals surface area contributed by atoms with Gasteiger partial charge in [0.2, 0.25) is 0 Å². The van der Waals surface area contributed by atoms with Crippen LogP contribution < -0.4 is 4.74 Å². The van der Waals surface area contributed by atoms with Crippen LogP contribution in [0.15, 0.2) is 12.1 Å². The van der Waals surface area contributed by atoms with Crippen molar-refractivity contribution in [2.24, 2.45) is 0 Å². The first-order chi connectivity index (χ1) is 11.0. The van der Waals surface area contributed by atoms with Crippen LogP contribution in [0.3, 0.4) is 0 Å². The molecular weight excluding hydrogens is 343 g/mol. The van der Waals surface area contributed by atoms with Gasteiger partial charge in [0.05, 0.1) is 6.61 Å². The van der Waals surface area contributed by atoms with E-state index in [9.17, 15) is 0 Å². The second-order valence-electron chi connectivity index (χ2n) is 6.99. The fourth-order valence-corrected chi connectivity index (χ4v) is 3.11. The summed E-state index contributed by atoms with van der Waals surface area (Å²) in [5.74, 6) is 1.43. The Morgan fingerprint density at radius 3 is 2.42 bits per heavy atom. The number of aryl methyl sites for hydroxylation is 1. The molecular formula is C19H32Cl2N2O. The molecule has 0 unspecified atom stereocenters. The van der Waals surface area contributed by atoms with Crippen LogP contribution in [0.4, 0.5) is 0 Å². The number of benzene rings is 1. The summed E-state index contributed by atoms with van der Waals surface area (Å²) in [5.41, 5.74) is 2.29. The van der Waals surface area contributed by atoms with Crippen LogP contribution in [0, 0.1) is 6.92 Å². The number of hydrogen-bond donors (Lipinski definition) is 0. The van der Waals surface area contributed by atoms with Gasteiger partial charge in [0.1, 0.15) is 5.75 Å². The van der Waals surface area contributed by atoms with E-state index in [1.807, 2.05) is 6.92 Å². The first-order valence-electron chi connectivity index (χ1n) is 8.81. The van der Waals surface area contributed by atoms with Gasteiger partial charge in [-0.25, -0.2) is 0 Å². The molecule has 0 spiro atoms. The monoisotopic (exact) mass is 374 g/mol. The summed E-state index contributed by atoms with van der Waals surface area (Å²) in [5, 5.41) is 0.830. The maximum absolute atomic E-state index is 6.25. The molecule has 3 nitrogen and oxygen atoms in total. The fraction of sp³-hybridized carbons (Fsp3) is 0.684. The zero-order valence-electron chi connectivity index (χ0n) is 15.5. The molecule has 0 amide bonds. The number of unbranched alkanes of at least 4 members (excludes halogenated alkanes) is 1. The van der Waals surface area contributed by atoms with Crippen LogP contribution in [-0.4, -0.2) is 56.2 Å². The average Bonchev–Trinajstić information content (AvgIpc) is 2.51. The highest BCUT2D eigenvalue weighted by molar-refractivity contribution is 6.31. The van der Waals surface area contributed by atoms with Crippen LogP contribution in [-0.2, 0) is 0 Å². The third-order valence-electron chi connectivity index (χ3n) is 4.64. The SMILES string of the molecule is Cc1cc(OCCCCN2CCN(C)CC2)c(C(C)C)cc1Cl.Cl. The lowest BCUT2D eigenvalue weighted by Gasteiger charge is -2.32. The van der Waals surface area contributed by atoms with Crippen molar-refractivity contribution in [3.8, 4) is 5.75 Å². The van der Waals surface area contributed by atoms with Gasteiger partial charge in [-0.15, -0.1) is 12.4 Å². The summed E-state index contributed by atoms with van der Waals surface area (Å²) in [7, 11) is 2.20. The molecule has 5 heteroatoms. The van der Waals surface area contributed by atoms with Crippen LogP contribution in [0.5, 0.6) is 5.75 Å². The van der Waals surface area contributed by atoms with E-state index in [1.165, 1.54) is 44.7 Å². The summed E-state index contributed by atoms with van der Waals surface area (Å²) < 4.78 is 6.06. The Morgan fingerprint density at radius 1 is 1.12 bits per heavy atom. The molecule has 0 atom stereocenters. The second kappa shape index (κ2) is 10.5. The van der Waals surface area contributed by atoms with E-state index in [-0.39, 0.29) is 12.4 Å². The van der Waals surface area contributed by atoms with Crippen molar-refractivity contribution < 1.29 is 4.74 Å². The number of likely N-dealkylation sites (N-methyl/N-ethyl adjacent to an activating group) is 1. The molecule has 1 saturated heterocycles. The maximum Gasteiger partial charge on any atom is 0.123 e. The van der Waals surface area contributed by atoms with Crippen LogP contribution in [0.1, 0.15) is 43.7 Å². The fourth-order valence-electron chi connectivity index (χ4n) is 2.94. The van der Waals surface area contributed by atoms with E-state index in [4.69, 9.17) is 16.3 Å². The number of piperazine rings is 1. The zero-order valence-corrected chi connectivity index (χ0v) is 17.1. The van der Waals surface area contributed by atoms with E-state index >= 15 is 0 Å². The normalized spacial score (nSPS) is 16.2. The van der Waals surface area contributed by atoms with Crippen molar-refractivity contribution in [2.45, 2.75) is 39.5 Å². The number of rotatable bonds is 7. The molecule has 24 heavy (non-hydrogen) atoms. The highest BCUT2D eigenvalue weighted by Gasteiger charge is 2.13. The third-order valence-corrected chi connectivity index (χ3v) is 5.04. The molecule has 2 rings (SSSR count). The molecule has 1 fully saturated rings. The lowest BCUT2D eigenvalue weighted by molar-refractivity contribution is 0.149. The van der Waals surface area contributed by atoms with E-state index in [0.717, 1.165) is 29.4 Å². The highest BCUT2D eigenvalue weighted by atomic mass is 35.5. The number of ether oxygens (including phenoxy) is 1. The lowest BCUT2D eigenvalue weighted by atomic mass is 10.0. The highest BCUT2D eigenvalue weighted by Crippen LogP contribution is 2.32. The lowest BCUT2D eigenvalue weighted by Crippen LogP contribution is -2.44. The van der Waals surface area contributed by atoms with Crippen molar-refractivity contribution in [2.75, 3.05) is 46.4 Å². The minimum atomic E-state index is 0. The molecule has 0 radical (unpaired) electrons. The topological polar surface area (TPSA) is 15.7 Å². The minimum absolute atomic E-state index is 0. The molecule has 0 aromatic heterocycles. The Morgan fingerprint density at radius 2 is 1.79 bits per heavy atom. The summed E-state index contributed by atoms with van der Waals surface area (Å²) in [6.07, 6.45) is 2.30. The molecule has 0 N–H and O–H groups in total. The van der Waals surface area contributed by atoms with Crippen LogP contribution >= 0.6 is 24.0 Å². The summed E-state index contributed by atoms with van der Waals surface area (Å²) in [6, 6.07) is 4.14. The molecule has 138 valence electrons. The molecule has 0 bridgehead atoms. The Hall–Kier alpha value is -0.480. The first kappa shape index (κ1) is 21.6. The van der Waals surface area contributed by atoms with Crippen molar-refractivity contribution in [1.82, 2.24) is 9.80 Å². The number of hydrogen-bond acceptors (Lipinski definition) is 3. The van der Waals surface area contributed by atoms with Crippen molar-refractivity contribution in [3.63, 3.8) is 0 Å². The summed E-state index contributed by atoms with van der Waals surface area (Å²) >= 11 is 6.25. The van der Waals surface area contributed by atoms with Gasteiger partial charge in [-0.2, -0.15) is 0 Å². The molecule has 0 saturated carbocycles. The second-order valence-corrected chi connectivity index (χ2v) is 7.40. The summed E-state index contributed by atoms with van der Waals surface area (Å²) in [6.45, 7) is 13.2. The van der Waals surface area contributed by atoms with Gasteiger partial charge in [0.15, 0.2) is 0 Å². The molecule has 1 aliphatic rings. The van der Waals surface area contributed by atoms with Crippen molar-refractivity contribution >= 4 is 24.0 Å². The van der Waals surface area contributed by atoms with Gasteiger partial charge in [0, 0.05) is 31.2 Å². The standard InChI is InChI=1S/C19H31ClN2O.ClH/c1-15(2)17-14-18(20)16(3)13-19(17)23-12-6-5-7-22-10-8-21(4)9-11-22;/h13-15H,5-12H2,1-4H3;1H. The maximum atomic E-state index is 6.25. The van der Waals surface area contributed by atoms with E-state index in [0.29, 0.717) is 5.92 Å². The van der Waals surface area contributed by atoms with Gasteiger partial charge < -0.3 is 14.5 Å². The molecule has 1 heterocycles. The smallest absolute Gasteiger partial charge is 0.123 e. The first-order valence-corrected chi connectivity index (χ1v) is 9.19. The van der Waals surface area contributed by atoms with E-state index in [1.54, 1.807) is 0 Å².